The fourth-order valence-electron chi connectivity index (χ4n) is 4.41. The molecule has 1 aliphatic carbocycles. The number of hydrogen-bond acceptors (Lipinski definition) is 6. The Morgan fingerprint density at radius 1 is 0.882 bits per heavy atom. The fraction of sp³-hybridized carbons (Fsp3) is 0.538. The first-order valence-corrected chi connectivity index (χ1v) is 15.4. The molecule has 0 bridgehead atoms. The number of hydrogen-bond donors (Lipinski definition) is 0. The van der Waals surface area contributed by atoms with Crippen LogP contribution in [0.15, 0.2) is 54.6 Å². The van der Waals surface area contributed by atoms with Crippen LogP contribution in [0.5, 0.6) is 0 Å². The highest BCUT2D eigenvalue weighted by Crippen LogP contribution is 2.57. The van der Waals surface area contributed by atoms with E-state index in [0.29, 0.717) is 25.7 Å². The van der Waals surface area contributed by atoms with E-state index in [1.165, 1.54) is 0 Å². The Morgan fingerprint density at radius 2 is 1.47 bits per heavy atom. The van der Waals surface area contributed by atoms with Gasteiger partial charge in [-0.25, -0.2) is 0 Å². The monoisotopic (exact) mass is 508 g/mol. The molecule has 0 N–H and O–H groups in total. The summed E-state index contributed by atoms with van der Waals surface area (Å²) in [5.74, 6) is 0. The highest BCUT2D eigenvalue weighted by atomic mass is 32.2. The molecule has 0 spiro atoms. The maximum absolute atomic E-state index is 13.5. The van der Waals surface area contributed by atoms with Crippen molar-refractivity contribution in [2.75, 3.05) is 13.2 Å². The van der Waals surface area contributed by atoms with Crippen molar-refractivity contribution in [2.24, 2.45) is 0 Å². The maximum Gasteiger partial charge on any atom is 0.351 e. The highest BCUT2D eigenvalue weighted by molar-refractivity contribution is 7.94. The largest absolute Gasteiger partial charge is 0.351 e. The third-order valence-electron chi connectivity index (χ3n) is 6.10. The van der Waals surface area contributed by atoms with E-state index < -0.39 is 22.7 Å². The van der Waals surface area contributed by atoms with Gasteiger partial charge in [-0.2, -0.15) is 8.42 Å². The van der Waals surface area contributed by atoms with Crippen LogP contribution in [0, 0.1) is 0 Å². The molecule has 2 aromatic rings. The van der Waals surface area contributed by atoms with Crippen molar-refractivity contribution in [1.82, 2.24) is 0 Å². The number of benzene rings is 2. The minimum atomic E-state index is -4.13. The lowest BCUT2D eigenvalue weighted by atomic mass is 9.98. The SMILES string of the molecule is CCOP(=O)(OCC)C(CCCc1ccc(-c2ccccc2)cc1)S(=O)(=O)OC1CCCCC1. The number of aryl methyl sites for hydroxylation is 1. The summed E-state index contributed by atoms with van der Waals surface area (Å²) in [4.78, 5) is -1.33. The summed E-state index contributed by atoms with van der Waals surface area (Å²) in [6.45, 7) is 3.58. The van der Waals surface area contributed by atoms with Gasteiger partial charge in [-0.1, -0.05) is 73.9 Å². The molecule has 0 saturated heterocycles. The van der Waals surface area contributed by atoms with Gasteiger partial charge in [0.25, 0.3) is 10.1 Å². The maximum atomic E-state index is 13.5. The molecular weight excluding hydrogens is 471 g/mol. The van der Waals surface area contributed by atoms with E-state index in [1.54, 1.807) is 13.8 Å². The minimum absolute atomic E-state index is 0.105. The van der Waals surface area contributed by atoms with E-state index in [0.717, 1.165) is 36.0 Å². The summed E-state index contributed by atoms with van der Waals surface area (Å²) in [5.41, 5.74) is 3.36. The summed E-state index contributed by atoms with van der Waals surface area (Å²) in [6.07, 6.45) is 5.34. The molecule has 1 aliphatic rings. The van der Waals surface area contributed by atoms with Gasteiger partial charge in [0, 0.05) is 0 Å². The normalized spacial score (nSPS) is 16.4. The van der Waals surface area contributed by atoms with E-state index in [1.807, 2.05) is 18.2 Å². The quantitative estimate of drug-likeness (QED) is 0.215. The van der Waals surface area contributed by atoms with Crippen LogP contribution in [0.3, 0.4) is 0 Å². The fourth-order valence-corrected chi connectivity index (χ4v) is 8.97. The summed E-state index contributed by atoms with van der Waals surface area (Å²) in [7, 11) is -8.04. The molecule has 8 heteroatoms. The molecule has 0 amide bonds. The van der Waals surface area contributed by atoms with Crippen LogP contribution in [0.1, 0.15) is 64.4 Å². The molecular formula is C26H37O6PS. The molecule has 188 valence electrons. The molecule has 1 unspecified atom stereocenters. The molecule has 3 rings (SSSR count). The lowest BCUT2D eigenvalue weighted by Gasteiger charge is -2.28. The van der Waals surface area contributed by atoms with Crippen LogP contribution >= 0.6 is 7.60 Å². The Hall–Kier alpha value is -1.50. The van der Waals surface area contributed by atoms with Gasteiger partial charge < -0.3 is 9.05 Å². The van der Waals surface area contributed by atoms with Crippen LogP contribution in [0.4, 0.5) is 0 Å². The molecule has 6 nitrogen and oxygen atoms in total. The van der Waals surface area contributed by atoms with Gasteiger partial charge in [-0.05, 0) is 62.6 Å². The van der Waals surface area contributed by atoms with E-state index in [9.17, 15) is 13.0 Å². The molecule has 2 aromatic carbocycles. The molecule has 0 aromatic heterocycles. The Morgan fingerprint density at radius 3 is 2.06 bits per heavy atom. The first-order valence-electron chi connectivity index (χ1n) is 12.3. The van der Waals surface area contributed by atoms with Crippen LogP contribution in [-0.4, -0.2) is 32.7 Å². The second-order valence-corrected chi connectivity index (χ2v) is 13.0. The van der Waals surface area contributed by atoms with Gasteiger partial charge >= 0.3 is 7.60 Å². The van der Waals surface area contributed by atoms with Gasteiger partial charge in [-0.3, -0.25) is 8.75 Å². The molecule has 34 heavy (non-hydrogen) atoms. The highest BCUT2D eigenvalue weighted by Gasteiger charge is 2.46. The lowest BCUT2D eigenvalue weighted by molar-refractivity contribution is 0.158. The molecule has 1 saturated carbocycles. The first kappa shape index (κ1) is 27.1. The smallest absolute Gasteiger partial charge is 0.308 e. The molecule has 0 aliphatic heterocycles. The van der Waals surface area contributed by atoms with Gasteiger partial charge in [0.05, 0.1) is 19.3 Å². The topological polar surface area (TPSA) is 78.9 Å². The van der Waals surface area contributed by atoms with Crippen molar-refractivity contribution in [1.29, 1.82) is 0 Å². The summed E-state index contributed by atoms with van der Waals surface area (Å²) < 4.78 is 56.6. The lowest BCUT2D eigenvalue weighted by Crippen LogP contribution is -2.31. The molecule has 1 atom stereocenters. The van der Waals surface area contributed by atoms with Crippen molar-refractivity contribution in [3.63, 3.8) is 0 Å². The van der Waals surface area contributed by atoms with Crippen molar-refractivity contribution in [3.05, 3.63) is 60.2 Å². The van der Waals surface area contributed by atoms with Gasteiger partial charge in [0.2, 0.25) is 0 Å². The zero-order valence-electron chi connectivity index (χ0n) is 20.2. The predicted molar refractivity (Wildman–Crippen MR) is 136 cm³/mol. The predicted octanol–water partition coefficient (Wildman–Crippen LogP) is 6.95. The average molecular weight is 509 g/mol. The molecule has 0 radical (unpaired) electrons. The van der Waals surface area contributed by atoms with Crippen molar-refractivity contribution in [3.8, 4) is 11.1 Å². The van der Waals surface area contributed by atoms with Crippen molar-refractivity contribution < 1.29 is 26.2 Å². The minimum Gasteiger partial charge on any atom is -0.308 e. The third-order valence-corrected chi connectivity index (χ3v) is 11.3. The first-order chi connectivity index (χ1) is 16.4. The summed E-state index contributed by atoms with van der Waals surface area (Å²) >= 11 is 0. The van der Waals surface area contributed by atoms with E-state index in [-0.39, 0.29) is 25.7 Å². The zero-order chi connectivity index (χ0) is 24.4. The third kappa shape index (κ3) is 7.50. The van der Waals surface area contributed by atoms with E-state index in [2.05, 4.69) is 36.4 Å². The summed E-state index contributed by atoms with van der Waals surface area (Å²) in [5, 5.41) is 0. The van der Waals surface area contributed by atoms with E-state index in [4.69, 9.17) is 13.2 Å². The second kappa shape index (κ2) is 13.0. The summed E-state index contributed by atoms with van der Waals surface area (Å²) in [6, 6.07) is 18.4. The molecule has 0 heterocycles. The van der Waals surface area contributed by atoms with Crippen molar-refractivity contribution in [2.45, 2.75) is 76.3 Å². The van der Waals surface area contributed by atoms with Crippen LogP contribution < -0.4 is 0 Å². The Kier molecular flexibility index (Phi) is 10.3. The van der Waals surface area contributed by atoms with E-state index >= 15 is 0 Å². The standard InChI is InChI=1S/C26H37O6PS/c1-3-30-33(27,31-4-2)26(34(28,29)32-25-15-9-6-10-16-25)17-11-12-22-18-20-24(21-19-22)23-13-7-5-8-14-23/h5,7-8,13-14,18-21,25-26H,3-4,6,9-12,15-17H2,1-2H3. The van der Waals surface area contributed by atoms with Gasteiger partial charge in [-0.15, -0.1) is 0 Å². The van der Waals surface area contributed by atoms with Crippen LogP contribution in [-0.2, 0) is 34.3 Å². The Bertz CT molecular complexity index is 1010. The Labute approximate surface area is 204 Å². The van der Waals surface area contributed by atoms with Crippen LogP contribution in [0.25, 0.3) is 11.1 Å². The second-order valence-electron chi connectivity index (χ2n) is 8.63. The zero-order valence-corrected chi connectivity index (χ0v) is 21.9. The average Bonchev–Trinajstić information content (AvgIpc) is 2.83. The van der Waals surface area contributed by atoms with Crippen LogP contribution in [0.2, 0.25) is 0 Å². The Balaban J connectivity index is 1.71. The van der Waals surface area contributed by atoms with Gasteiger partial charge in [0.15, 0.2) is 4.99 Å². The number of rotatable bonds is 13. The van der Waals surface area contributed by atoms with Gasteiger partial charge in [0.1, 0.15) is 0 Å². The van der Waals surface area contributed by atoms with Crippen molar-refractivity contribution >= 4 is 17.7 Å². The molecule has 1 fully saturated rings.